The molecule has 0 aliphatic carbocycles. The summed E-state index contributed by atoms with van der Waals surface area (Å²) < 4.78 is 4.92. The Labute approximate surface area is 179 Å². The highest BCUT2D eigenvalue weighted by atomic mass is 16.5. The molecule has 1 heterocycles. The Morgan fingerprint density at radius 3 is 2.33 bits per heavy atom. The zero-order valence-corrected chi connectivity index (χ0v) is 18.2. The van der Waals surface area contributed by atoms with E-state index >= 15 is 0 Å². The van der Waals surface area contributed by atoms with Crippen molar-refractivity contribution in [3.05, 3.63) is 71.3 Å². The van der Waals surface area contributed by atoms with Gasteiger partial charge >= 0.3 is 5.97 Å². The van der Waals surface area contributed by atoms with Crippen LogP contribution in [-0.2, 0) is 26.2 Å². The van der Waals surface area contributed by atoms with Crippen molar-refractivity contribution in [3.63, 3.8) is 0 Å². The van der Waals surface area contributed by atoms with Crippen molar-refractivity contribution in [2.24, 2.45) is 0 Å². The predicted octanol–water partition coefficient (Wildman–Crippen LogP) is 3.63. The van der Waals surface area contributed by atoms with E-state index in [0.717, 1.165) is 37.9 Å². The molecule has 0 unspecified atom stereocenters. The van der Waals surface area contributed by atoms with Gasteiger partial charge in [0.1, 0.15) is 6.04 Å². The summed E-state index contributed by atoms with van der Waals surface area (Å²) in [4.78, 5) is 26.9. The van der Waals surface area contributed by atoms with Crippen LogP contribution >= 0.6 is 0 Å². The van der Waals surface area contributed by atoms with Crippen LogP contribution in [0.3, 0.4) is 0 Å². The van der Waals surface area contributed by atoms with Gasteiger partial charge in [-0.2, -0.15) is 0 Å². The molecule has 5 heteroatoms. The number of carbonyl (C=O) groups is 2. The number of ether oxygens (including phenoxy) is 1. The van der Waals surface area contributed by atoms with E-state index in [2.05, 4.69) is 43.4 Å². The molecule has 5 nitrogen and oxygen atoms in total. The van der Waals surface area contributed by atoms with Crippen molar-refractivity contribution in [2.45, 2.75) is 44.6 Å². The average molecular weight is 409 g/mol. The van der Waals surface area contributed by atoms with Crippen LogP contribution in [0.15, 0.2) is 54.6 Å². The molecule has 0 bridgehead atoms. The van der Waals surface area contributed by atoms with Crippen LogP contribution in [0.2, 0.25) is 0 Å². The number of nitrogens with one attached hydrogen (secondary N) is 1. The van der Waals surface area contributed by atoms with Crippen LogP contribution in [-0.4, -0.2) is 43.5 Å². The third-order valence-corrected chi connectivity index (χ3v) is 6.30. The van der Waals surface area contributed by atoms with Gasteiger partial charge in [0.15, 0.2) is 0 Å². The largest absolute Gasteiger partial charge is 0.468 e. The number of benzene rings is 2. The monoisotopic (exact) mass is 408 g/mol. The van der Waals surface area contributed by atoms with E-state index in [9.17, 15) is 9.59 Å². The molecule has 1 atom stereocenters. The fourth-order valence-electron chi connectivity index (χ4n) is 4.34. The lowest BCUT2D eigenvalue weighted by atomic mass is 9.72. The Morgan fingerprint density at radius 1 is 1.07 bits per heavy atom. The summed E-state index contributed by atoms with van der Waals surface area (Å²) in [6.45, 7) is 6.06. The summed E-state index contributed by atoms with van der Waals surface area (Å²) in [5, 5.41) is 3.09. The van der Waals surface area contributed by atoms with Crippen molar-refractivity contribution in [3.8, 4) is 0 Å². The number of piperidine rings is 1. The van der Waals surface area contributed by atoms with E-state index in [-0.39, 0.29) is 17.9 Å². The summed E-state index contributed by atoms with van der Waals surface area (Å²) in [6, 6.07) is 17.3. The van der Waals surface area contributed by atoms with Crippen LogP contribution in [0.5, 0.6) is 0 Å². The van der Waals surface area contributed by atoms with E-state index in [1.165, 1.54) is 18.2 Å². The highest BCUT2D eigenvalue weighted by molar-refractivity contribution is 5.81. The van der Waals surface area contributed by atoms with Crippen LogP contribution in [0.25, 0.3) is 0 Å². The number of hydrogen-bond acceptors (Lipinski definition) is 4. The molecule has 30 heavy (non-hydrogen) atoms. The zero-order chi connectivity index (χ0) is 21.6. The Balaban J connectivity index is 1.60. The molecule has 3 rings (SSSR count). The molecule has 0 spiro atoms. The molecule has 2 aromatic carbocycles. The molecule has 2 aromatic rings. The zero-order valence-electron chi connectivity index (χ0n) is 18.2. The average Bonchev–Trinajstić information content (AvgIpc) is 2.80. The summed E-state index contributed by atoms with van der Waals surface area (Å²) >= 11 is 0. The van der Waals surface area contributed by atoms with Crippen LogP contribution in [0, 0.1) is 0 Å². The minimum Gasteiger partial charge on any atom is -0.468 e. The molecule has 1 saturated heterocycles. The molecule has 160 valence electrons. The number of aryl methyl sites for hydroxylation is 1. The van der Waals surface area contributed by atoms with E-state index < -0.39 is 12.0 Å². The maximum Gasteiger partial charge on any atom is 0.327 e. The number of carbonyl (C=O) groups excluding carboxylic acids is 2. The lowest BCUT2D eigenvalue weighted by Gasteiger charge is -2.41. The van der Waals surface area contributed by atoms with Crippen LogP contribution in [0.4, 0.5) is 0 Å². The maximum absolute atomic E-state index is 12.8. The second kappa shape index (κ2) is 9.90. The molecule has 1 fully saturated rings. The van der Waals surface area contributed by atoms with Crippen molar-refractivity contribution in [2.75, 3.05) is 26.7 Å². The van der Waals surface area contributed by atoms with Gasteiger partial charge in [0.05, 0.1) is 13.7 Å². The van der Waals surface area contributed by atoms with Crippen molar-refractivity contribution in [1.29, 1.82) is 0 Å². The standard InChI is InChI=1S/C25H32N2O3/c1-4-19-10-8-9-13-21(19)25(2)14-16-27(17-15-25)22(28)18-26-23(24(29)30-3)20-11-6-5-7-12-20/h5-13,23,26H,4,14-18H2,1-3H3/t23-/m1/s1. The number of nitrogens with zero attached hydrogens (tertiary/aromatic N) is 1. The molecule has 1 aliphatic heterocycles. The normalized spacial score (nSPS) is 16.7. The Hall–Kier alpha value is -2.66. The van der Waals surface area contributed by atoms with Crippen molar-refractivity contribution >= 4 is 11.9 Å². The predicted molar refractivity (Wildman–Crippen MR) is 118 cm³/mol. The SMILES string of the molecule is CCc1ccccc1C1(C)CCN(C(=O)CN[C@@H](C(=O)OC)c2ccccc2)CC1. The Morgan fingerprint density at radius 2 is 1.70 bits per heavy atom. The molecule has 0 aromatic heterocycles. The van der Waals surface area contributed by atoms with Gasteiger partial charge < -0.3 is 9.64 Å². The maximum atomic E-state index is 12.8. The van der Waals surface area contributed by atoms with Crippen molar-refractivity contribution in [1.82, 2.24) is 10.2 Å². The summed E-state index contributed by atoms with van der Waals surface area (Å²) in [7, 11) is 1.36. The third-order valence-electron chi connectivity index (χ3n) is 6.30. The lowest BCUT2D eigenvalue weighted by molar-refractivity contribution is -0.143. The topological polar surface area (TPSA) is 58.6 Å². The minimum absolute atomic E-state index is 0.0191. The first kappa shape index (κ1) is 22.0. The third kappa shape index (κ3) is 4.90. The van der Waals surface area contributed by atoms with Gasteiger partial charge in [-0.05, 0) is 41.4 Å². The van der Waals surface area contributed by atoms with Crippen LogP contribution in [0.1, 0.15) is 49.4 Å². The first-order valence-corrected chi connectivity index (χ1v) is 10.7. The highest BCUT2D eigenvalue weighted by Gasteiger charge is 2.34. The van der Waals surface area contributed by atoms with Gasteiger partial charge in [-0.25, -0.2) is 4.79 Å². The number of hydrogen-bond donors (Lipinski definition) is 1. The Kier molecular flexibility index (Phi) is 7.27. The number of likely N-dealkylation sites (tertiary alicyclic amines) is 1. The van der Waals surface area contributed by atoms with Crippen molar-refractivity contribution < 1.29 is 14.3 Å². The van der Waals surface area contributed by atoms with E-state index in [4.69, 9.17) is 4.74 Å². The first-order valence-electron chi connectivity index (χ1n) is 10.7. The van der Waals surface area contributed by atoms with Gasteiger partial charge in [0.2, 0.25) is 5.91 Å². The van der Waals surface area contributed by atoms with Gasteiger partial charge in [-0.1, -0.05) is 68.4 Å². The molecule has 0 saturated carbocycles. The Bertz CT molecular complexity index is 858. The molecule has 1 aliphatic rings. The summed E-state index contributed by atoms with van der Waals surface area (Å²) in [5.74, 6) is -0.373. The highest BCUT2D eigenvalue weighted by Crippen LogP contribution is 2.37. The minimum atomic E-state index is -0.647. The smallest absolute Gasteiger partial charge is 0.327 e. The number of amides is 1. The molecule has 1 N–H and O–H groups in total. The summed E-state index contributed by atoms with van der Waals surface area (Å²) in [6.07, 6.45) is 2.90. The van der Waals surface area contributed by atoms with E-state index in [1.54, 1.807) is 0 Å². The molecule has 1 amide bonds. The number of methoxy groups -OCH3 is 1. The fraction of sp³-hybridized carbons (Fsp3) is 0.440. The molecule has 0 radical (unpaired) electrons. The quantitative estimate of drug-likeness (QED) is 0.711. The van der Waals surface area contributed by atoms with Gasteiger partial charge in [0.25, 0.3) is 0 Å². The van der Waals surface area contributed by atoms with Gasteiger partial charge in [-0.15, -0.1) is 0 Å². The molecular formula is C25H32N2O3. The number of rotatable bonds is 7. The first-order chi connectivity index (χ1) is 14.5. The molecular weight excluding hydrogens is 376 g/mol. The number of esters is 1. The van der Waals surface area contributed by atoms with Gasteiger partial charge in [-0.3, -0.25) is 10.1 Å². The van der Waals surface area contributed by atoms with Gasteiger partial charge in [0, 0.05) is 13.1 Å². The summed E-state index contributed by atoms with van der Waals surface area (Å²) in [5.41, 5.74) is 3.69. The van der Waals surface area contributed by atoms with E-state index in [1.807, 2.05) is 35.2 Å². The van der Waals surface area contributed by atoms with E-state index in [0.29, 0.717) is 0 Å². The lowest BCUT2D eigenvalue weighted by Crippen LogP contribution is -2.47. The second-order valence-corrected chi connectivity index (χ2v) is 8.20. The fourth-order valence-corrected chi connectivity index (χ4v) is 4.34. The van der Waals surface area contributed by atoms with Crippen LogP contribution < -0.4 is 5.32 Å². The second-order valence-electron chi connectivity index (χ2n) is 8.20.